The Bertz CT molecular complexity index is 701. The molecule has 0 saturated carbocycles. The first-order valence-corrected chi connectivity index (χ1v) is 8.12. The molecule has 0 atom stereocenters. The number of benzene rings is 1. The van der Waals surface area contributed by atoms with Crippen molar-refractivity contribution in [2.75, 3.05) is 18.5 Å². The molecule has 0 spiro atoms. The highest BCUT2D eigenvalue weighted by molar-refractivity contribution is 5.93. The van der Waals surface area contributed by atoms with E-state index >= 15 is 0 Å². The van der Waals surface area contributed by atoms with E-state index in [0.717, 1.165) is 11.4 Å². The van der Waals surface area contributed by atoms with Crippen LogP contribution in [-0.4, -0.2) is 29.0 Å². The standard InChI is InChI=1S/C18H24N4O2/c1-5-24-16-9-7-6-8-14(16)22-17-10-15(20-13(4)21-17)18(23)19-11-12(2)3/h6-10,12H,5,11H2,1-4H3,(H,19,23)(H,20,21,22). The third-order valence-corrected chi connectivity index (χ3v) is 3.19. The number of carbonyl (C=O) groups is 1. The monoisotopic (exact) mass is 328 g/mol. The molecule has 0 aliphatic carbocycles. The summed E-state index contributed by atoms with van der Waals surface area (Å²) < 4.78 is 5.60. The Morgan fingerprint density at radius 3 is 2.71 bits per heavy atom. The van der Waals surface area contributed by atoms with Gasteiger partial charge in [0.1, 0.15) is 23.1 Å². The molecule has 1 aromatic heterocycles. The fraction of sp³-hybridized carbons (Fsp3) is 0.389. The van der Waals surface area contributed by atoms with Gasteiger partial charge in [-0.2, -0.15) is 0 Å². The van der Waals surface area contributed by atoms with Crippen molar-refractivity contribution in [1.29, 1.82) is 0 Å². The van der Waals surface area contributed by atoms with Crippen LogP contribution >= 0.6 is 0 Å². The lowest BCUT2D eigenvalue weighted by molar-refractivity contribution is 0.0943. The molecule has 2 aromatic rings. The van der Waals surface area contributed by atoms with Gasteiger partial charge in [-0.3, -0.25) is 4.79 Å². The number of nitrogens with one attached hydrogen (secondary N) is 2. The lowest BCUT2D eigenvalue weighted by atomic mass is 10.2. The van der Waals surface area contributed by atoms with Gasteiger partial charge < -0.3 is 15.4 Å². The van der Waals surface area contributed by atoms with Gasteiger partial charge in [0, 0.05) is 12.6 Å². The lowest BCUT2D eigenvalue weighted by Crippen LogP contribution is -2.28. The third kappa shape index (κ3) is 4.94. The summed E-state index contributed by atoms with van der Waals surface area (Å²) in [5.41, 5.74) is 1.14. The summed E-state index contributed by atoms with van der Waals surface area (Å²) in [6.45, 7) is 8.97. The number of para-hydroxylation sites is 2. The minimum Gasteiger partial charge on any atom is -0.492 e. The molecule has 6 nitrogen and oxygen atoms in total. The summed E-state index contributed by atoms with van der Waals surface area (Å²) in [5, 5.41) is 6.07. The van der Waals surface area contributed by atoms with Gasteiger partial charge in [0.2, 0.25) is 0 Å². The number of hydrogen-bond acceptors (Lipinski definition) is 5. The number of anilines is 2. The molecule has 0 aliphatic heterocycles. The molecule has 0 unspecified atom stereocenters. The predicted molar refractivity (Wildman–Crippen MR) is 94.8 cm³/mol. The minimum atomic E-state index is -0.199. The minimum absolute atomic E-state index is 0.199. The van der Waals surface area contributed by atoms with E-state index in [4.69, 9.17) is 4.74 Å². The van der Waals surface area contributed by atoms with Crippen molar-refractivity contribution in [2.24, 2.45) is 5.92 Å². The summed E-state index contributed by atoms with van der Waals surface area (Å²) in [6, 6.07) is 9.25. The van der Waals surface area contributed by atoms with E-state index in [0.29, 0.717) is 36.4 Å². The van der Waals surface area contributed by atoms with Gasteiger partial charge in [-0.1, -0.05) is 26.0 Å². The number of aromatic nitrogens is 2. The Morgan fingerprint density at radius 2 is 2.00 bits per heavy atom. The van der Waals surface area contributed by atoms with Crippen LogP contribution in [0, 0.1) is 12.8 Å². The molecule has 1 amide bonds. The SMILES string of the molecule is CCOc1ccccc1Nc1cc(C(=O)NCC(C)C)nc(C)n1. The zero-order valence-electron chi connectivity index (χ0n) is 14.6. The molecule has 2 rings (SSSR count). The molecule has 0 bridgehead atoms. The molecule has 1 heterocycles. The maximum atomic E-state index is 12.2. The number of rotatable bonds is 7. The number of aryl methyl sites for hydroxylation is 1. The van der Waals surface area contributed by atoms with Crippen LogP contribution in [-0.2, 0) is 0 Å². The lowest BCUT2D eigenvalue weighted by Gasteiger charge is -2.13. The summed E-state index contributed by atoms with van der Waals surface area (Å²) in [5.74, 6) is 2.01. The molecule has 0 aliphatic rings. The Kier molecular flexibility index (Phi) is 6.12. The average Bonchev–Trinajstić information content (AvgIpc) is 2.54. The van der Waals surface area contributed by atoms with Gasteiger partial charge in [0.05, 0.1) is 12.3 Å². The molecule has 128 valence electrons. The zero-order valence-corrected chi connectivity index (χ0v) is 14.6. The normalized spacial score (nSPS) is 10.5. The predicted octanol–water partition coefficient (Wildman–Crippen LogP) is 3.31. The van der Waals surface area contributed by atoms with Crippen molar-refractivity contribution in [1.82, 2.24) is 15.3 Å². The Balaban J connectivity index is 2.21. The Morgan fingerprint density at radius 1 is 1.25 bits per heavy atom. The van der Waals surface area contributed by atoms with Crippen LogP contribution in [0.3, 0.4) is 0 Å². The molecular weight excluding hydrogens is 304 g/mol. The fourth-order valence-corrected chi connectivity index (χ4v) is 2.12. The maximum Gasteiger partial charge on any atom is 0.270 e. The number of nitrogens with zero attached hydrogens (tertiary/aromatic N) is 2. The van der Waals surface area contributed by atoms with Crippen molar-refractivity contribution < 1.29 is 9.53 Å². The summed E-state index contributed by atoms with van der Waals surface area (Å²) in [4.78, 5) is 20.8. The van der Waals surface area contributed by atoms with Crippen LogP contribution in [0.4, 0.5) is 11.5 Å². The van der Waals surface area contributed by atoms with Crippen molar-refractivity contribution in [3.8, 4) is 5.75 Å². The van der Waals surface area contributed by atoms with E-state index in [9.17, 15) is 4.79 Å². The van der Waals surface area contributed by atoms with E-state index < -0.39 is 0 Å². The Labute approximate surface area is 142 Å². The van der Waals surface area contributed by atoms with Crippen molar-refractivity contribution in [3.63, 3.8) is 0 Å². The quantitative estimate of drug-likeness (QED) is 0.815. The van der Waals surface area contributed by atoms with Crippen molar-refractivity contribution in [2.45, 2.75) is 27.7 Å². The molecule has 0 fully saturated rings. The average molecular weight is 328 g/mol. The number of ether oxygens (including phenoxy) is 1. The first kappa shape index (κ1) is 17.7. The number of amides is 1. The maximum absolute atomic E-state index is 12.2. The highest BCUT2D eigenvalue weighted by atomic mass is 16.5. The highest BCUT2D eigenvalue weighted by Crippen LogP contribution is 2.26. The molecule has 0 saturated heterocycles. The molecule has 6 heteroatoms. The van der Waals surface area contributed by atoms with E-state index in [1.807, 2.05) is 45.0 Å². The first-order valence-electron chi connectivity index (χ1n) is 8.12. The van der Waals surface area contributed by atoms with Crippen LogP contribution in [0.15, 0.2) is 30.3 Å². The van der Waals surface area contributed by atoms with E-state index in [-0.39, 0.29) is 5.91 Å². The van der Waals surface area contributed by atoms with Gasteiger partial charge in [0.25, 0.3) is 5.91 Å². The zero-order chi connectivity index (χ0) is 17.5. The van der Waals surface area contributed by atoms with Crippen molar-refractivity contribution in [3.05, 3.63) is 41.9 Å². The third-order valence-electron chi connectivity index (χ3n) is 3.19. The second-order valence-corrected chi connectivity index (χ2v) is 5.84. The number of carbonyl (C=O) groups excluding carboxylic acids is 1. The number of hydrogen-bond donors (Lipinski definition) is 2. The second kappa shape index (κ2) is 8.29. The van der Waals surface area contributed by atoms with Crippen LogP contribution in [0.25, 0.3) is 0 Å². The summed E-state index contributed by atoms with van der Waals surface area (Å²) in [7, 11) is 0. The largest absolute Gasteiger partial charge is 0.492 e. The smallest absolute Gasteiger partial charge is 0.270 e. The Hall–Kier alpha value is -2.63. The molecule has 24 heavy (non-hydrogen) atoms. The second-order valence-electron chi connectivity index (χ2n) is 5.84. The van der Waals surface area contributed by atoms with E-state index in [1.54, 1.807) is 13.0 Å². The van der Waals surface area contributed by atoms with Gasteiger partial charge in [-0.15, -0.1) is 0 Å². The topological polar surface area (TPSA) is 76.1 Å². The van der Waals surface area contributed by atoms with E-state index in [2.05, 4.69) is 20.6 Å². The summed E-state index contributed by atoms with van der Waals surface area (Å²) >= 11 is 0. The fourth-order valence-electron chi connectivity index (χ4n) is 2.12. The van der Waals surface area contributed by atoms with Crippen molar-refractivity contribution >= 4 is 17.4 Å². The summed E-state index contributed by atoms with van der Waals surface area (Å²) in [6.07, 6.45) is 0. The van der Waals surface area contributed by atoms with Gasteiger partial charge in [-0.25, -0.2) is 9.97 Å². The van der Waals surface area contributed by atoms with Gasteiger partial charge in [-0.05, 0) is 31.9 Å². The highest BCUT2D eigenvalue weighted by Gasteiger charge is 2.12. The van der Waals surface area contributed by atoms with Crippen LogP contribution in [0.1, 0.15) is 37.1 Å². The molecule has 0 radical (unpaired) electrons. The van der Waals surface area contributed by atoms with E-state index in [1.165, 1.54) is 0 Å². The van der Waals surface area contributed by atoms with Crippen LogP contribution < -0.4 is 15.4 Å². The van der Waals surface area contributed by atoms with Gasteiger partial charge in [0.15, 0.2) is 0 Å². The van der Waals surface area contributed by atoms with Crippen LogP contribution in [0.2, 0.25) is 0 Å². The first-order chi connectivity index (χ1) is 11.5. The molecular formula is C18H24N4O2. The molecule has 2 N–H and O–H groups in total. The van der Waals surface area contributed by atoms with Gasteiger partial charge >= 0.3 is 0 Å². The molecule has 1 aromatic carbocycles. The van der Waals surface area contributed by atoms with Crippen LogP contribution in [0.5, 0.6) is 5.75 Å².